The second-order valence-electron chi connectivity index (χ2n) is 5.24. The van der Waals surface area contributed by atoms with Crippen LogP contribution in [0, 0.1) is 0 Å². The van der Waals surface area contributed by atoms with Crippen LogP contribution in [-0.4, -0.2) is 26.4 Å². The van der Waals surface area contributed by atoms with Crippen molar-refractivity contribution in [2.24, 2.45) is 0 Å². The number of benzene rings is 2. The molecule has 0 spiro atoms. The summed E-state index contributed by atoms with van der Waals surface area (Å²) in [6, 6.07) is 12.9. The predicted octanol–water partition coefficient (Wildman–Crippen LogP) is 2.51. The van der Waals surface area contributed by atoms with E-state index in [2.05, 4.69) is 5.32 Å². The topological polar surface area (TPSA) is 66.0 Å². The van der Waals surface area contributed by atoms with Gasteiger partial charge in [-0.25, -0.2) is 0 Å². The molecule has 0 fully saturated rings. The Kier molecular flexibility index (Phi) is 5.05. The lowest BCUT2D eigenvalue weighted by Crippen LogP contribution is -2.24. The molecule has 0 unspecified atom stereocenters. The molecule has 1 amide bonds. The molecule has 0 atom stereocenters. The van der Waals surface area contributed by atoms with Gasteiger partial charge in [0.2, 0.25) is 12.7 Å². The van der Waals surface area contributed by atoms with Crippen molar-refractivity contribution in [3.8, 4) is 23.0 Å². The first-order valence-corrected chi connectivity index (χ1v) is 7.66. The Bertz CT molecular complexity index is 699. The van der Waals surface area contributed by atoms with E-state index in [0.717, 1.165) is 17.1 Å². The van der Waals surface area contributed by atoms with E-state index in [1.165, 1.54) is 0 Å². The SMILES string of the molecule is COc1ccc(OCCC(=O)NCc2ccc3c(c2)OCO3)cc1. The number of nitrogens with one attached hydrogen (secondary N) is 1. The van der Waals surface area contributed by atoms with Gasteiger partial charge in [0.15, 0.2) is 11.5 Å². The minimum atomic E-state index is -0.0684. The highest BCUT2D eigenvalue weighted by molar-refractivity contribution is 5.76. The van der Waals surface area contributed by atoms with Gasteiger partial charge in [-0.3, -0.25) is 4.79 Å². The number of fused-ring (bicyclic) bond motifs is 1. The smallest absolute Gasteiger partial charge is 0.231 e. The summed E-state index contributed by atoms with van der Waals surface area (Å²) in [5, 5.41) is 2.86. The lowest BCUT2D eigenvalue weighted by atomic mass is 10.2. The number of methoxy groups -OCH3 is 1. The number of carbonyl (C=O) groups is 1. The molecular formula is C18H19NO5. The van der Waals surface area contributed by atoms with Crippen LogP contribution in [-0.2, 0) is 11.3 Å². The van der Waals surface area contributed by atoms with Gasteiger partial charge in [0.05, 0.1) is 20.1 Å². The molecule has 6 nitrogen and oxygen atoms in total. The van der Waals surface area contributed by atoms with E-state index in [4.69, 9.17) is 18.9 Å². The second kappa shape index (κ2) is 7.59. The van der Waals surface area contributed by atoms with Gasteiger partial charge < -0.3 is 24.3 Å². The normalized spacial score (nSPS) is 11.9. The van der Waals surface area contributed by atoms with Gasteiger partial charge in [-0.15, -0.1) is 0 Å². The fraction of sp³-hybridized carbons (Fsp3) is 0.278. The molecule has 1 aliphatic rings. The molecule has 0 radical (unpaired) electrons. The van der Waals surface area contributed by atoms with Crippen molar-refractivity contribution in [1.29, 1.82) is 0 Å². The summed E-state index contributed by atoms with van der Waals surface area (Å²) in [6.07, 6.45) is 0.288. The van der Waals surface area contributed by atoms with Crippen LogP contribution in [0.15, 0.2) is 42.5 Å². The second-order valence-corrected chi connectivity index (χ2v) is 5.24. The van der Waals surface area contributed by atoms with E-state index in [-0.39, 0.29) is 19.1 Å². The Balaban J connectivity index is 1.39. The van der Waals surface area contributed by atoms with Gasteiger partial charge >= 0.3 is 0 Å². The molecule has 1 aliphatic heterocycles. The number of rotatable bonds is 7. The highest BCUT2D eigenvalue weighted by Gasteiger charge is 2.13. The minimum absolute atomic E-state index is 0.0684. The van der Waals surface area contributed by atoms with Gasteiger partial charge in [-0.1, -0.05) is 6.07 Å². The molecular weight excluding hydrogens is 310 g/mol. The van der Waals surface area contributed by atoms with E-state index in [1.807, 2.05) is 42.5 Å². The number of ether oxygens (including phenoxy) is 4. The van der Waals surface area contributed by atoms with E-state index in [0.29, 0.717) is 24.7 Å². The summed E-state index contributed by atoms with van der Waals surface area (Å²) in [7, 11) is 1.61. The van der Waals surface area contributed by atoms with Crippen molar-refractivity contribution in [1.82, 2.24) is 5.32 Å². The molecule has 6 heteroatoms. The maximum absolute atomic E-state index is 11.9. The number of hydrogen-bond acceptors (Lipinski definition) is 5. The lowest BCUT2D eigenvalue weighted by Gasteiger charge is -2.08. The molecule has 0 bridgehead atoms. The highest BCUT2D eigenvalue weighted by Crippen LogP contribution is 2.32. The number of amides is 1. The summed E-state index contributed by atoms with van der Waals surface area (Å²) < 4.78 is 21.2. The molecule has 126 valence electrons. The zero-order chi connectivity index (χ0) is 16.8. The predicted molar refractivity (Wildman–Crippen MR) is 87.5 cm³/mol. The number of carbonyl (C=O) groups excluding carboxylic acids is 1. The standard InChI is InChI=1S/C18H19NO5/c1-21-14-3-5-15(6-4-14)22-9-8-18(20)19-11-13-2-7-16-17(10-13)24-12-23-16/h2-7,10H,8-9,11-12H2,1H3,(H,19,20). The van der Waals surface area contributed by atoms with E-state index >= 15 is 0 Å². The van der Waals surface area contributed by atoms with Gasteiger partial charge in [0, 0.05) is 6.54 Å². The number of hydrogen-bond donors (Lipinski definition) is 1. The van der Waals surface area contributed by atoms with Crippen molar-refractivity contribution >= 4 is 5.91 Å². The van der Waals surface area contributed by atoms with Crippen LogP contribution < -0.4 is 24.3 Å². The molecule has 3 rings (SSSR count). The average molecular weight is 329 g/mol. The fourth-order valence-corrected chi connectivity index (χ4v) is 2.27. The van der Waals surface area contributed by atoms with Crippen molar-refractivity contribution < 1.29 is 23.7 Å². The third-order valence-electron chi connectivity index (χ3n) is 3.58. The quantitative estimate of drug-likeness (QED) is 0.845. The van der Waals surface area contributed by atoms with Gasteiger partial charge in [0.1, 0.15) is 11.5 Å². The Morgan fingerprint density at radius 1 is 1.08 bits per heavy atom. The summed E-state index contributed by atoms with van der Waals surface area (Å²) in [5.74, 6) is 2.85. The van der Waals surface area contributed by atoms with Crippen molar-refractivity contribution in [2.75, 3.05) is 20.5 Å². The zero-order valence-electron chi connectivity index (χ0n) is 13.4. The van der Waals surface area contributed by atoms with Crippen molar-refractivity contribution in [3.63, 3.8) is 0 Å². The average Bonchev–Trinajstić information content (AvgIpc) is 3.08. The third kappa shape index (κ3) is 4.10. The third-order valence-corrected chi connectivity index (χ3v) is 3.58. The molecule has 1 heterocycles. The summed E-state index contributed by atoms with van der Waals surface area (Å²) in [6.45, 7) is 1.01. The largest absolute Gasteiger partial charge is 0.497 e. The molecule has 2 aromatic carbocycles. The first-order chi connectivity index (χ1) is 11.7. The maximum Gasteiger partial charge on any atom is 0.231 e. The van der Waals surface area contributed by atoms with Crippen LogP contribution in [0.2, 0.25) is 0 Å². The monoisotopic (exact) mass is 329 g/mol. The van der Waals surface area contributed by atoms with Gasteiger partial charge in [-0.2, -0.15) is 0 Å². The maximum atomic E-state index is 11.9. The van der Waals surface area contributed by atoms with E-state index in [1.54, 1.807) is 7.11 Å². The van der Waals surface area contributed by atoms with Crippen LogP contribution >= 0.6 is 0 Å². The lowest BCUT2D eigenvalue weighted by molar-refractivity contribution is -0.121. The van der Waals surface area contributed by atoms with Crippen molar-refractivity contribution in [2.45, 2.75) is 13.0 Å². The zero-order valence-corrected chi connectivity index (χ0v) is 13.4. The molecule has 24 heavy (non-hydrogen) atoms. The Morgan fingerprint density at radius 2 is 1.83 bits per heavy atom. The fourth-order valence-electron chi connectivity index (χ4n) is 2.27. The Morgan fingerprint density at radius 3 is 2.62 bits per heavy atom. The highest BCUT2D eigenvalue weighted by atomic mass is 16.7. The molecule has 0 saturated carbocycles. The van der Waals surface area contributed by atoms with Gasteiger partial charge in [0.25, 0.3) is 0 Å². The molecule has 0 aliphatic carbocycles. The van der Waals surface area contributed by atoms with Crippen LogP contribution in [0.5, 0.6) is 23.0 Å². The molecule has 0 aromatic heterocycles. The Labute approximate surface area is 140 Å². The van der Waals surface area contributed by atoms with Crippen LogP contribution in [0.25, 0.3) is 0 Å². The molecule has 0 saturated heterocycles. The van der Waals surface area contributed by atoms with E-state index in [9.17, 15) is 4.79 Å². The van der Waals surface area contributed by atoms with Gasteiger partial charge in [-0.05, 0) is 42.0 Å². The molecule has 1 N–H and O–H groups in total. The summed E-state index contributed by atoms with van der Waals surface area (Å²) >= 11 is 0. The minimum Gasteiger partial charge on any atom is -0.497 e. The first-order valence-electron chi connectivity index (χ1n) is 7.66. The van der Waals surface area contributed by atoms with Crippen LogP contribution in [0.4, 0.5) is 0 Å². The summed E-state index contributed by atoms with van der Waals surface area (Å²) in [4.78, 5) is 11.9. The Hall–Kier alpha value is -2.89. The first kappa shape index (κ1) is 16.0. The van der Waals surface area contributed by atoms with Crippen LogP contribution in [0.1, 0.15) is 12.0 Å². The molecule has 2 aromatic rings. The summed E-state index contributed by atoms with van der Waals surface area (Å²) in [5.41, 5.74) is 0.962. The van der Waals surface area contributed by atoms with Crippen molar-refractivity contribution in [3.05, 3.63) is 48.0 Å². The van der Waals surface area contributed by atoms with Crippen LogP contribution in [0.3, 0.4) is 0 Å². The van der Waals surface area contributed by atoms with E-state index < -0.39 is 0 Å².